The molecule has 0 spiro atoms. The molecule has 0 aromatic rings. The van der Waals surface area contributed by atoms with E-state index in [1.807, 2.05) is 0 Å². The quantitative estimate of drug-likeness (QED) is 0.428. The molecule has 0 aromatic carbocycles. The lowest BCUT2D eigenvalue weighted by Gasteiger charge is -2.29. The van der Waals surface area contributed by atoms with Gasteiger partial charge in [0.15, 0.2) is 6.67 Å². The summed E-state index contributed by atoms with van der Waals surface area (Å²) in [6.07, 6.45) is -5.77. The van der Waals surface area contributed by atoms with Crippen molar-refractivity contribution in [3.8, 4) is 0 Å². The molecule has 16 heavy (non-hydrogen) atoms. The topological polar surface area (TPSA) is 26.3 Å². The summed E-state index contributed by atoms with van der Waals surface area (Å²) in [5.41, 5.74) is 0. The molecule has 0 heterocycles. The number of carbonyl (C=O) groups excluding carboxylic acids is 1. The van der Waals surface area contributed by atoms with Gasteiger partial charge in [-0.2, -0.15) is 26.3 Å². The largest absolute Gasteiger partial charge is 0.473 e. The van der Waals surface area contributed by atoms with Gasteiger partial charge in [0.2, 0.25) is 0 Å². The van der Waals surface area contributed by atoms with E-state index in [9.17, 15) is 35.5 Å². The van der Waals surface area contributed by atoms with Crippen molar-refractivity contribution >= 4 is 5.97 Å². The smallest absolute Gasteiger partial charge is 0.393 e. The molecule has 0 aliphatic heterocycles. The molecular weight excluding hydrogens is 249 g/mol. The van der Waals surface area contributed by atoms with Crippen molar-refractivity contribution in [2.75, 3.05) is 6.67 Å². The first-order valence-electron chi connectivity index (χ1n) is 3.56. The Balaban J connectivity index is 5.12. The van der Waals surface area contributed by atoms with Gasteiger partial charge in [-0.15, -0.1) is 0 Å². The fraction of sp³-hybridized carbons (Fsp3) is 0.571. The fourth-order valence-corrected chi connectivity index (χ4v) is 0.529. The minimum absolute atomic E-state index is 0.0670. The molecule has 0 aliphatic carbocycles. The normalized spacial score (nSPS) is 13.4. The zero-order chi connectivity index (χ0) is 13.2. The Labute approximate surface area is 84.7 Å². The van der Waals surface area contributed by atoms with E-state index >= 15 is 0 Å². The van der Waals surface area contributed by atoms with Crippen LogP contribution in [0.3, 0.4) is 0 Å². The molecule has 0 amide bonds. The highest BCUT2D eigenvalue weighted by Crippen LogP contribution is 2.46. The molecule has 0 rings (SSSR count). The monoisotopic (exact) mass is 254 g/mol. The SMILES string of the molecule is C=CC(=O)OC(F)(F)C(F)(F)C(F)(F)CF. The third-order valence-corrected chi connectivity index (χ3v) is 1.39. The maximum absolute atomic E-state index is 12.4. The van der Waals surface area contributed by atoms with E-state index in [-0.39, 0.29) is 6.08 Å². The zero-order valence-corrected chi connectivity index (χ0v) is 7.45. The van der Waals surface area contributed by atoms with Gasteiger partial charge in [-0.25, -0.2) is 9.18 Å². The molecule has 0 N–H and O–H groups in total. The van der Waals surface area contributed by atoms with Crippen molar-refractivity contribution in [2.24, 2.45) is 0 Å². The van der Waals surface area contributed by atoms with E-state index in [1.54, 1.807) is 0 Å². The zero-order valence-electron chi connectivity index (χ0n) is 7.45. The van der Waals surface area contributed by atoms with Gasteiger partial charge in [0.05, 0.1) is 0 Å². The number of hydrogen-bond acceptors (Lipinski definition) is 2. The Morgan fingerprint density at radius 1 is 1.19 bits per heavy atom. The van der Waals surface area contributed by atoms with Crippen LogP contribution in [0.25, 0.3) is 0 Å². The molecule has 0 saturated heterocycles. The third-order valence-electron chi connectivity index (χ3n) is 1.39. The third kappa shape index (κ3) is 2.45. The van der Waals surface area contributed by atoms with Crippen molar-refractivity contribution in [1.29, 1.82) is 0 Å². The number of halogens is 7. The standard InChI is InChI=1S/C7H5F7O2/c1-2-4(15)16-7(13,14)6(11,12)5(9,10)3-8/h2H,1,3H2. The Morgan fingerprint density at radius 3 is 1.94 bits per heavy atom. The van der Waals surface area contributed by atoms with E-state index in [0.717, 1.165) is 0 Å². The lowest BCUT2D eigenvalue weighted by molar-refractivity contribution is -0.384. The number of esters is 1. The Hall–Kier alpha value is -1.28. The molecule has 0 saturated carbocycles. The molecule has 94 valence electrons. The molecule has 9 heteroatoms. The highest BCUT2D eigenvalue weighted by atomic mass is 19.4. The summed E-state index contributed by atoms with van der Waals surface area (Å²) in [5, 5.41) is 0. The van der Waals surface area contributed by atoms with Gasteiger partial charge in [0.25, 0.3) is 0 Å². The fourth-order valence-electron chi connectivity index (χ4n) is 0.529. The molecule has 0 aromatic heterocycles. The Kier molecular flexibility index (Phi) is 3.96. The number of alkyl halides is 7. The predicted molar refractivity (Wildman–Crippen MR) is 37.1 cm³/mol. The molecule has 0 radical (unpaired) electrons. The first-order valence-corrected chi connectivity index (χ1v) is 3.56. The highest BCUT2D eigenvalue weighted by Gasteiger charge is 2.74. The summed E-state index contributed by atoms with van der Waals surface area (Å²) in [6, 6.07) is 0. The van der Waals surface area contributed by atoms with Gasteiger partial charge in [-0.3, -0.25) is 0 Å². The number of rotatable bonds is 5. The van der Waals surface area contributed by atoms with Gasteiger partial charge in [-0.05, 0) is 0 Å². The van der Waals surface area contributed by atoms with Crippen molar-refractivity contribution in [3.05, 3.63) is 12.7 Å². The van der Waals surface area contributed by atoms with Crippen LogP contribution >= 0.6 is 0 Å². The molecule has 2 nitrogen and oxygen atoms in total. The molecule has 0 aliphatic rings. The minimum atomic E-state index is -6.16. The van der Waals surface area contributed by atoms with E-state index in [2.05, 4.69) is 11.3 Å². The van der Waals surface area contributed by atoms with E-state index in [0.29, 0.717) is 0 Å². The van der Waals surface area contributed by atoms with Crippen LogP contribution in [-0.4, -0.2) is 30.6 Å². The second-order valence-electron chi connectivity index (χ2n) is 2.55. The van der Waals surface area contributed by atoms with E-state index in [1.165, 1.54) is 0 Å². The molecule has 0 fully saturated rings. The summed E-state index contributed by atoms with van der Waals surface area (Å²) in [6.45, 7) is -0.432. The van der Waals surface area contributed by atoms with E-state index < -0.39 is 30.6 Å². The average molecular weight is 254 g/mol. The second-order valence-corrected chi connectivity index (χ2v) is 2.55. The van der Waals surface area contributed by atoms with Crippen LogP contribution in [0.15, 0.2) is 12.7 Å². The maximum atomic E-state index is 12.4. The van der Waals surface area contributed by atoms with Crippen molar-refractivity contribution in [1.82, 2.24) is 0 Å². The minimum Gasteiger partial charge on any atom is -0.393 e. The first-order chi connectivity index (χ1) is 7.02. The molecule has 0 atom stereocenters. The van der Waals surface area contributed by atoms with Crippen LogP contribution in [0.1, 0.15) is 0 Å². The van der Waals surface area contributed by atoms with Gasteiger partial charge in [0, 0.05) is 6.08 Å². The Bertz CT molecular complexity index is 286. The van der Waals surface area contributed by atoms with Crippen LogP contribution < -0.4 is 0 Å². The Morgan fingerprint density at radius 2 is 1.62 bits per heavy atom. The number of ether oxygens (including phenoxy) is 1. The van der Waals surface area contributed by atoms with E-state index in [4.69, 9.17) is 0 Å². The molecular formula is C7H5F7O2. The van der Waals surface area contributed by atoms with Crippen LogP contribution in [0.4, 0.5) is 30.7 Å². The highest BCUT2D eigenvalue weighted by molar-refractivity contribution is 5.81. The van der Waals surface area contributed by atoms with Crippen LogP contribution in [0.2, 0.25) is 0 Å². The first kappa shape index (κ1) is 14.7. The number of carbonyl (C=O) groups is 1. The number of hydrogen-bond donors (Lipinski definition) is 0. The van der Waals surface area contributed by atoms with Gasteiger partial charge >= 0.3 is 23.9 Å². The van der Waals surface area contributed by atoms with Gasteiger partial charge in [-0.1, -0.05) is 6.58 Å². The molecule has 0 unspecified atom stereocenters. The summed E-state index contributed by atoms with van der Waals surface area (Å²) < 4.78 is 88.3. The van der Waals surface area contributed by atoms with Crippen LogP contribution in [0.5, 0.6) is 0 Å². The van der Waals surface area contributed by atoms with Gasteiger partial charge < -0.3 is 4.74 Å². The lowest BCUT2D eigenvalue weighted by atomic mass is 10.1. The predicted octanol–water partition coefficient (Wildman–Crippen LogP) is 2.55. The average Bonchev–Trinajstić information content (AvgIpc) is 2.16. The van der Waals surface area contributed by atoms with Crippen molar-refractivity contribution < 1.29 is 40.3 Å². The van der Waals surface area contributed by atoms with Crippen molar-refractivity contribution in [2.45, 2.75) is 18.0 Å². The second kappa shape index (κ2) is 4.30. The summed E-state index contributed by atoms with van der Waals surface area (Å²) in [5.74, 6) is -13.9. The summed E-state index contributed by atoms with van der Waals surface area (Å²) in [7, 11) is 0. The van der Waals surface area contributed by atoms with Crippen molar-refractivity contribution in [3.63, 3.8) is 0 Å². The molecule has 0 bridgehead atoms. The summed E-state index contributed by atoms with van der Waals surface area (Å²) in [4.78, 5) is 10.2. The van der Waals surface area contributed by atoms with Crippen LogP contribution in [0, 0.1) is 0 Å². The lowest BCUT2D eigenvalue weighted by Crippen LogP contribution is -2.56. The van der Waals surface area contributed by atoms with Crippen LogP contribution in [-0.2, 0) is 9.53 Å². The maximum Gasteiger partial charge on any atom is 0.473 e. The summed E-state index contributed by atoms with van der Waals surface area (Å²) >= 11 is 0. The van der Waals surface area contributed by atoms with Gasteiger partial charge in [0.1, 0.15) is 0 Å².